The molecule has 32 heavy (non-hydrogen) atoms. The van der Waals surface area contributed by atoms with E-state index >= 15 is 0 Å². The SMILES string of the molecule is CCCc1c(OCCCN(C)C(=O)Nc2cccc[n+]2[O-])ccc2c(C(F)(F)F)noc12. The average Bonchev–Trinajstić information content (AvgIpc) is 3.19. The molecule has 1 aromatic carbocycles. The summed E-state index contributed by atoms with van der Waals surface area (Å²) in [7, 11) is 1.58. The summed E-state index contributed by atoms with van der Waals surface area (Å²) in [5.41, 5.74) is -0.452. The van der Waals surface area contributed by atoms with E-state index in [4.69, 9.17) is 9.26 Å². The number of amides is 2. The third-order valence-corrected chi connectivity index (χ3v) is 4.77. The zero-order valence-corrected chi connectivity index (χ0v) is 17.6. The second-order valence-corrected chi connectivity index (χ2v) is 7.16. The number of carbonyl (C=O) groups is 1. The fraction of sp³-hybridized carbons (Fsp3) is 0.381. The van der Waals surface area contributed by atoms with Gasteiger partial charge in [-0.3, -0.25) is 0 Å². The minimum absolute atomic E-state index is 0.0712. The topological polar surface area (TPSA) is 94.5 Å². The summed E-state index contributed by atoms with van der Waals surface area (Å²) in [6, 6.07) is 7.00. The predicted octanol–water partition coefficient (Wildman–Crippen LogP) is 4.37. The van der Waals surface area contributed by atoms with Crippen LogP contribution in [0.15, 0.2) is 41.1 Å². The van der Waals surface area contributed by atoms with Crippen molar-refractivity contribution in [3.8, 4) is 5.75 Å². The summed E-state index contributed by atoms with van der Waals surface area (Å²) in [6.07, 6.45) is -1.72. The van der Waals surface area contributed by atoms with Gasteiger partial charge in [0.25, 0.3) is 5.82 Å². The van der Waals surface area contributed by atoms with Crippen LogP contribution in [0.4, 0.5) is 23.8 Å². The lowest BCUT2D eigenvalue weighted by Gasteiger charge is -2.16. The minimum atomic E-state index is -4.60. The Kier molecular flexibility index (Phi) is 7.06. The van der Waals surface area contributed by atoms with Gasteiger partial charge in [-0.15, -0.1) is 0 Å². The Balaban J connectivity index is 1.60. The van der Waals surface area contributed by atoms with E-state index < -0.39 is 17.9 Å². The van der Waals surface area contributed by atoms with Gasteiger partial charge in [0.1, 0.15) is 5.75 Å². The first-order valence-electron chi connectivity index (χ1n) is 10.0. The van der Waals surface area contributed by atoms with E-state index in [2.05, 4.69) is 10.5 Å². The van der Waals surface area contributed by atoms with Crippen LogP contribution in [-0.4, -0.2) is 36.3 Å². The second kappa shape index (κ2) is 9.75. The van der Waals surface area contributed by atoms with Crippen LogP contribution in [0.3, 0.4) is 0 Å². The van der Waals surface area contributed by atoms with Crippen molar-refractivity contribution in [3.05, 3.63) is 53.0 Å². The summed E-state index contributed by atoms with van der Waals surface area (Å²) >= 11 is 0. The quantitative estimate of drug-likeness (QED) is 0.311. The standard InChI is InChI=1S/C21H23F3N4O4/c1-3-7-14-16(10-9-15-18(14)32-26-19(15)21(22,23)24)31-13-6-11-27(2)20(29)25-17-8-4-5-12-28(17)30/h4-5,8-10,12H,3,6-7,11,13H2,1-2H3,(H,25,29). The van der Waals surface area contributed by atoms with Gasteiger partial charge < -0.3 is 19.4 Å². The number of anilines is 1. The van der Waals surface area contributed by atoms with Gasteiger partial charge in [-0.2, -0.15) is 18.5 Å². The van der Waals surface area contributed by atoms with Crippen LogP contribution in [0.2, 0.25) is 0 Å². The van der Waals surface area contributed by atoms with Crippen LogP contribution in [0, 0.1) is 5.21 Å². The monoisotopic (exact) mass is 452 g/mol. The van der Waals surface area contributed by atoms with E-state index in [1.165, 1.54) is 29.3 Å². The number of rotatable bonds is 8. The molecule has 2 heterocycles. The maximum atomic E-state index is 13.1. The molecule has 0 saturated carbocycles. The Hall–Kier alpha value is -3.50. The number of aryl methyl sites for hydroxylation is 1. The Morgan fingerprint density at radius 3 is 2.78 bits per heavy atom. The highest BCUT2D eigenvalue weighted by Gasteiger charge is 2.37. The van der Waals surface area contributed by atoms with E-state index in [1.807, 2.05) is 6.92 Å². The number of fused-ring (bicyclic) bond motifs is 1. The summed E-state index contributed by atoms with van der Waals surface area (Å²) in [5, 5.41) is 17.2. The summed E-state index contributed by atoms with van der Waals surface area (Å²) in [4.78, 5) is 13.6. The van der Waals surface area contributed by atoms with E-state index in [0.29, 0.717) is 41.9 Å². The third kappa shape index (κ3) is 5.21. The molecule has 0 aliphatic heterocycles. The first kappa shape index (κ1) is 23.2. The lowest BCUT2D eigenvalue weighted by Crippen LogP contribution is -2.38. The third-order valence-electron chi connectivity index (χ3n) is 4.77. The van der Waals surface area contributed by atoms with Crippen molar-refractivity contribution < 1.29 is 32.0 Å². The number of carbonyl (C=O) groups excluding carboxylic acids is 1. The molecule has 0 unspecified atom stereocenters. The lowest BCUT2D eigenvalue weighted by atomic mass is 10.0. The first-order chi connectivity index (χ1) is 15.2. The van der Waals surface area contributed by atoms with E-state index in [9.17, 15) is 23.2 Å². The fourth-order valence-electron chi connectivity index (χ4n) is 3.18. The van der Waals surface area contributed by atoms with Crippen LogP contribution < -0.4 is 14.8 Å². The summed E-state index contributed by atoms with van der Waals surface area (Å²) < 4.78 is 50.7. The van der Waals surface area contributed by atoms with Crippen molar-refractivity contribution in [2.24, 2.45) is 0 Å². The van der Waals surface area contributed by atoms with Crippen molar-refractivity contribution in [2.75, 3.05) is 25.5 Å². The largest absolute Gasteiger partial charge is 0.711 e. The highest BCUT2D eigenvalue weighted by Crippen LogP contribution is 2.38. The van der Waals surface area contributed by atoms with Crippen molar-refractivity contribution in [2.45, 2.75) is 32.4 Å². The lowest BCUT2D eigenvalue weighted by molar-refractivity contribution is -0.590. The highest BCUT2D eigenvalue weighted by atomic mass is 19.4. The number of nitrogens with one attached hydrogen (secondary N) is 1. The first-order valence-corrected chi connectivity index (χ1v) is 10.0. The predicted molar refractivity (Wildman–Crippen MR) is 110 cm³/mol. The molecule has 2 amide bonds. The molecule has 0 bridgehead atoms. The Labute approximate surface area is 182 Å². The summed E-state index contributed by atoms with van der Waals surface area (Å²) in [6.45, 7) is 2.46. The Morgan fingerprint density at radius 1 is 1.31 bits per heavy atom. The van der Waals surface area contributed by atoms with Gasteiger partial charge >= 0.3 is 12.2 Å². The van der Waals surface area contributed by atoms with Gasteiger partial charge in [0.05, 0.1) is 18.2 Å². The average molecular weight is 452 g/mol. The van der Waals surface area contributed by atoms with Gasteiger partial charge in [0.15, 0.2) is 11.3 Å². The zero-order valence-electron chi connectivity index (χ0n) is 17.6. The van der Waals surface area contributed by atoms with Crippen molar-refractivity contribution in [3.63, 3.8) is 0 Å². The Morgan fingerprint density at radius 2 is 2.09 bits per heavy atom. The van der Waals surface area contributed by atoms with Crippen LogP contribution in [0.1, 0.15) is 31.0 Å². The highest BCUT2D eigenvalue weighted by molar-refractivity contribution is 5.87. The molecule has 0 atom stereocenters. The zero-order chi connectivity index (χ0) is 23.3. The molecule has 2 aromatic heterocycles. The molecule has 1 N–H and O–H groups in total. The summed E-state index contributed by atoms with van der Waals surface area (Å²) in [5.74, 6) is 0.538. The fourth-order valence-corrected chi connectivity index (χ4v) is 3.18. The molecule has 0 aliphatic carbocycles. The number of pyridine rings is 1. The van der Waals surface area contributed by atoms with Crippen molar-refractivity contribution in [1.82, 2.24) is 10.1 Å². The van der Waals surface area contributed by atoms with Crippen LogP contribution in [0.5, 0.6) is 5.75 Å². The maximum absolute atomic E-state index is 13.1. The molecular weight excluding hydrogens is 429 g/mol. The van der Waals surface area contributed by atoms with Crippen molar-refractivity contribution in [1.29, 1.82) is 0 Å². The molecule has 3 rings (SSSR count). The number of urea groups is 1. The number of alkyl halides is 3. The molecule has 11 heteroatoms. The van der Waals surface area contributed by atoms with Gasteiger partial charge in [0, 0.05) is 25.2 Å². The Bertz CT molecular complexity index is 1080. The smallest absolute Gasteiger partial charge is 0.437 e. The normalized spacial score (nSPS) is 11.5. The molecule has 0 saturated heterocycles. The molecule has 0 fully saturated rings. The van der Waals surface area contributed by atoms with E-state index in [-0.39, 0.29) is 23.4 Å². The van der Waals surface area contributed by atoms with Gasteiger partial charge in [-0.1, -0.05) is 24.6 Å². The number of ether oxygens (including phenoxy) is 1. The van der Waals surface area contributed by atoms with Crippen LogP contribution in [0.25, 0.3) is 11.0 Å². The minimum Gasteiger partial charge on any atom is -0.711 e. The molecule has 0 radical (unpaired) electrons. The number of halogens is 3. The molecule has 8 nitrogen and oxygen atoms in total. The number of hydrogen-bond donors (Lipinski definition) is 1. The van der Waals surface area contributed by atoms with E-state index in [1.54, 1.807) is 19.2 Å². The van der Waals surface area contributed by atoms with E-state index in [0.717, 1.165) is 0 Å². The molecule has 0 aliphatic rings. The number of aromatic nitrogens is 2. The van der Waals surface area contributed by atoms with Gasteiger partial charge in [-0.25, -0.2) is 9.52 Å². The molecule has 172 valence electrons. The van der Waals surface area contributed by atoms with Gasteiger partial charge in [-0.05, 0) is 31.0 Å². The van der Waals surface area contributed by atoms with Crippen molar-refractivity contribution >= 4 is 22.8 Å². The molecule has 0 spiro atoms. The molecule has 3 aromatic rings. The molecular formula is C21H23F3N4O4. The van der Waals surface area contributed by atoms with Crippen LogP contribution >= 0.6 is 0 Å². The maximum Gasteiger partial charge on any atom is 0.437 e. The number of nitrogens with zero attached hydrogens (tertiary/aromatic N) is 3. The number of hydrogen-bond acceptors (Lipinski definition) is 5. The second-order valence-electron chi connectivity index (χ2n) is 7.16. The van der Waals surface area contributed by atoms with Crippen LogP contribution in [-0.2, 0) is 12.6 Å². The number of benzene rings is 1. The van der Waals surface area contributed by atoms with Gasteiger partial charge in [0.2, 0.25) is 0 Å².